The minimum atomic E-state index is -0.615. The minimum absolute atomic E-state index is 0.000983. The van der Waals surface area contributed by atoms with Gasteiger partial charge in [0, 0.05) is 55.6 Å². The van der Waals surface area contributed by atoms with Crippen molar-refractivity contribution in [2.45, 2.75) is 53.5 Å². The van der Waals surface area contributed by atoms with E-state index in [1.165, 1.54) is 0 Å². The van der Waals surface area contributed by atoms with Crippen molar-refractivity contribution in [3.05, 3.63) is 46.3 Å². The lowest BCUT2D eigenvalue weighted by Gasteiger charge is -2.37. The normalized spacial score (nSPS) is 16.2. The molecule has 10 nitrogen and oxygen atoms in total. The van der Waals surface area contributed by atoms with Crippen molar-refractivity contribution in [3.8, 4) is 17.2 Å². The molecule has 0 atom stereocenters. The van der Waals surface area contributed by atoms with Crippen LogP contribution in [0.25, 0.3) is 0 Å². The van der Waals surface area contributed by atoms with Crippen molar-refractivity contribution >= 4 is 35.1 Å². The van der Waals surface area contributed by atoms with Gasteiger partial charge >= 0.3 is 5.97 Å². The molecule has 0 radical (unpaired) electrons. The number of esters is 1. The predicted molar refractivity (Wildman–Crippen MR) is 173 cm³/mol. The molecular weight excluding hydrogens is 603 g/mol. The summed E-state index contributed by atoms with van der Waals surface area (Å²) in [7, 11) is 1.64. The van der Waals surface area contributed by atoms with Gasteiger partial charge in [-0.1, -0.05) is 20.8 Å². The third-order valence-corrected chi connectivity index (χ3v) is 8.09. The highest BCUT2D eigenvalue weighted by Crippen LogP contribution is 2.42. The quantitative estimate of drug-likeness (QED) is 0.228. The molecule has 0 aliphatic carbocycles. The number of carbonyl (C=O) groups is 2. The van der Waals surface area contributed by atoms with Crippen molar-refractivity contribution in [2.75, 3.05) is 71.1 Å². The summed E-state index contributed by atoms with van der Waals surface area (Å²) >= 11 is 6.01. The first kappa shape index (κ1) is 34.3. The van der Waals surface area contributed by atoms with E-state index in [0.717, 1.165) is 11.3 Å². The monoisotopic (exact) mass is 646 g/mol. The van der Waals surface area contributed by atoms with E-state index in [4.69, 9.17) is 30.7 Å². The van der Waals surface area contributed by atoms with Crippen molar-refractivity contribution in [3.63, 3.8) is 0 Å². The third kappa shape index (κ3) is 7.47. The van der Waals surface area contributed by atoms with E-state index in [0.29, 0.717) is 62.0 Å². The number of rotatable bonds is 12. The Labute approximate surface area is 270 Å². The number of anilines is 1. The van der Waals surface area contributed by atoms with Crippen molar-refractivity contribution < 1.29 is 32.9 Å². The number of hydrogen-bond donors (Lipinski definition) is 0. The number of amidine groups is 1. The average Bonchev–Trinajstić information content (AvgIpc) is 3.35. The molecule has 0 N–H and O–H groups in total. The van der Waals surface area contributed by atoms with Gasteiger partial charge in [-0.2, -0.15) is 4.51 Å². The first-order valence-electron chi connectivity index (χ1n) is 15.4. The molecule has 0 aromatic heterocycles. The SMILES string of the molecule is CCOC(=O)CN1CCN(c2cc(C(=O)CN3Cc4cc(OCC)c(OCC)c(F)c4/C3=N/Cl)cc(C(C)(C)C)c2OC)CC1. The molecule has 0 saturated carbocycles. The summed E-state index contributed by atoms with van der Waals surface area (Å²) in [5, 5.41) is 0. The van der Waals surface area contributed by atoms with Gasteiger partial charge in [-0.15, -0.1) is 0 Å². The predicted octanol–water partition coefficient (Wildman–Crippen LogP) is 5.21. The molecule has 0 spiro atoms. The van der Waals surface area contributed by atoms with Crippen LogP contribution in [0, 0.1) is 5.82 Å². The molecule has 0 amide bonds. The third-order valence-electron chi connectivity index (χ3n) is 7.93. The van der Waals surface area contributed by atoms with Crippen LogP contribution in [0.4, 0.5) is 10.1 Å². The smallest absolute Gasteiger partial charge is 0.320 e. The van der Waals surface area contributed by atoms with Crippen molar-refractivity contribution in [2.24, 2.45) is 4.51 Å². The number of piperazine rings is 1. The highest BCUT2D eigenvalue weighted by atomic mass is 35.5. The Morgan fingerprint density at radius 2 is 1.64 bits per heavy atom. The molecule has 2 heterocycles. The van der Waals surface area contributed by atoms with E-state index < -0.39 is 5.82 Å². The second-order valence-corrected chi connectivity index (χ2v) is 12.2. The Bertz CT molecular complexity index is 1440. The first-order chi connectivity index (χ1) is 21.5. The first-order valence-corrected chi connectivity index (χ1v) is 15.7. The van der Waals surface area contributed by atoms with E-state index in [1.54, 1.807) is 31.9 Å². The number of methoxy groups -OCH3 is 1. The van der Waals surface area contributed by atoms with E-state index in [9.17, 15) is 9.59 Å². The van der Waals surface area contributed by atoms with Gasteiger partial charge < -0.3 is 28.7 Å². The fourth-order valence-corrected chi connectivity index (χ4v) is 6.00. The second kappa shape index (κ2) is 14.7. The van der Waals surface area contributed by atoms with Crippen LogP contribution in [0.15, 0.2) is 22.7 Å². The number of halogens is 2. The summed E-state index contributed by atoms with van der Waals surface area (Å²) in [6.07, 6.45) is 0. The summed E-state index contributed by atoms with van der Waals surface area (Å²) in [6, 6.07) is 5.46. The fourth-order valence-electron chi connectivity index (χ4n) is 5.81. The number of hydrogen-bond acceptors (Lipinski definition) is 9. The number of ether oxygens (including phenoxy) is 4. The highest BCUT2D eigenvalue weighted by molar-refractivity contribution is 6.23. The Morgan fingerprint density at radius 1 is 0.956 bits per heavy atom. The number of Topliss-reactive ketones (excluding diaryl/α,β-unsaturated/α-hetero) is 1. The van der Waals surface area contributed by atoms with Crippen molar-refractivity contribution in [1.29, 1.82) is 0 Å². The van der Waals surface area contributed by atoms with Gasteiger partial charge in [0.25, 0.3) is 0 Å². The zero-order valence-corrected chi connectivity index (χ0v) is 28.1. The van der Waals surface area contributed by atoms with Crippen LogP contribution in [-0.4, -0.2) is 93.6 Å². The van der Waals surface area contributed by atoms with Crippen LogP contribution in [0.3, 0.4) is 0 Å². The van der Waals surface area contributed by atoms with Gasteiger partial charge in [-0.3, -0.25) is 14.5 Å². The number of benzene rings is 2. The minimum Gasteiger partial charge on any atom is -0.494 e. The largest absolute Gasteiger partial charge is 0.494 e. The van der Waals surface area contributed by atoms with Crippen LogP contribution in [0.2, 0.25) is 0 Å². The Hall–Kier alpha value is -3.57. The summed E-state index contributed by atoms with van der Waals surface area (Å²) < 4.78 is 41.9. The molecule has 12 heteroatoms. The van der Waals surface area contributed by atoms with Gasteiger partial charge in [-0.05, 0) is 49.9 Å². The highest BCUT2D eigenvalue weighted by Gasteiger charge is 2.35. The molecule has 0 unspecified atom stereocenters. The zero-order valence-electron chi connectivity index (χ0n) is 27.3. The standard InChI is InChI=1S/C33H44ClFN4O6/c1-8-43-26-17-22-18-39(32(36-34)28(22)29(35)31(26)45-10-3)19-25(40)21-15-23(33(4,5)6)30(42-7)24(16-21)38-13-11-37(12-14-38)20-27(41)44-9-2/h15-17H,8-14,18-20H2,1-7H3/b36-32-. The second-order valence-electron chi connectivity index (χ2n) is 12.0. The summed E-state index contributed by atoms with van der Waals surface area (Å²) in [4.78, 5) is 31.9. The lowest BCUT2D eigenvalue weighted by Crippen LogP contribution is -2.48. The Kier molecular flexibility index (Phi) is 11.2. The van der Waals surface area contributed by atoms with Gasteiger partial charge in [0.2, 0.25) is 0 Å². The average molecular weight is 647 g/mol. The summed E-state index contributed by atoms with van der Waals surface area (Å²) in [5.41, 5.74) is 2.69. The van der Waals surface area contributed by atoms with Crippen molar-refractivity contribution in [1.82, 2.24) is 9.80 Å². The molecule has 1 saturated heterocycles. The molecule has 45 heavy (non-hydrogen) atoms. The number of carbonyl (C=O) groups excluding carboxylic acids is 2. The van der Waals surface area contributed by atoms with Crippen LogP contribution >= 0.6 is 11.8 Å². The molecule has 2 aromatic carbocycles. The van der Waals surface area contributed by atoms with E-state index in [2.05, 4.69) is 35.1 Å². The molecule has 2 aromatic rings. The van der Waals surface area contributed by atoms with Gasteiger partial charge in [0.1, 0.15) is 5.75 Å². The summed E-state index contributed by atoms with van der Waals surface area (Å²) in [6.45, 7) is 15.5. The van der Waals surface area contributed by atoms with E-state index in [1.807, 2.05) is 19.1 Å². The molecule has 0 bridgehead atoms. The Morgan fingerprint density at radius 3 is 2.22 bits per heavy atom. The number of ketones is 1. The topological polar surface area (TPSA) is 93.1 Å². The number of fused-ring (bicyclic) bond motifs is 1. The van der Waals surface area contributed by atoms with Crippen LogP contribution in [0.1, 0.15) is 68.6 Å². The maximum absolute atomic E-state index is 15.8. The lowest BCUT2D eigenvalue weighted by molar-refractivity contribution is -0.144. The van der Waals surface area contributed by atoms with E-state index >= 15 is 4.39 Å². The van der Waals surface area contributed by atoms with Gasteiger partial charge in [-0.25, -0.2) is 4.39 Å². The van der Waals surface area contributed by atoms with Gasteiger partial charge in [0.05, 0.1) is 51.3 Å². The molecule has 2 aliphatic rings. The van der Waals surface area contributed by atoms with Crippen LogP contribution < -0.4 is 19.1 Å². The lowest BCUT2D eigenvalue weighted by atomic mass is 9.84. The van der Waals surface area contributed by atoms with Crippen LogP contribution in [0.5, 0.6) is 17.2 Å². The maximum Gasteiger partial charge on any atom is 0.320 e. The molecule has 1 fully saturated rings. The fraction of sp³-hybridized carbons (Fsp3) is 0.545. The maximum atomic E-state index is 15.8. The molecular formula is C33H44ClFN4O6. The Balaban J connectivity index is 1.63. The number of nitrogens with zero attached hydrogens (tertiary/aromatic N) is 4. The molecule has 2 aliphatic heterocycles. The summed E-state index contributed by atoms with van der Waals surface area (Å²) in [5.74, 6) is 0.156. The van der Waals surface area contributed by atoms with Gasteiger partial charge in [0.15, 0.2) is 28.9 Å². The zero-order chi connectivity index (χ0) is 32.9. The van der Waals surface area contributed by atoms with E-state index in [-0.39, 0.29) is 60.6 Å². The van der Waals surface area contributed by atoms with Crippen LogP contribution in [-0.2, 0) is 21.5 Å². The molecule has 4 rings (SSSR count). The molecule has 246 valence electrons.